The number of nitrogens with two attached hydrogens (primary N) is 1. The topological polar surface area (TPSA) is 49.5 Å². The van der Waals surface area contributed by atoms with E-state index in [-0.39, 0.29) is 12.6 Å². The van der Waals surface area contributed by atoms with Crippen molar-refractivity contribution in [1.82, 2.24) is 0 Å². The summed E-state index contributed by atoms with van der Waals surface area (Å²) in [7, 11) is 0. The van der Waals surface area contributed by atoms with Crippen molar-refractivity contribution in [1.29, 1.82) is 0 Å². The third-order valence-electron chi connectivity index (χ3n) is 2.75. The summed E-state index contributed by atoms with van der Waals surface area (Å²) >= 11 is 0. The monoisotopic (exact) mass is 222 g/mol. The van der Waals surface area contributed by atoms with Crippen LogP contribution in [0.4, 0.5) is 5.69 Å². The van der Waals surface area contributed by atoms with Crippen molar-refractivity contribution >= 4 is 5.69 Å². The highest BCUT2D eigenvalue weighted by Gasteiger charge is 2.04. The van der Waals surface area contributed by atoms with Crippen molar-refractivity contribution in [2.24, 2.45) is 5.73 Å². The number of benzene rings is 1. The van der Waals surface area contributed by atoms with Crippen LogP contribution in [0.3, 0.4) is 0 Å². The molecule has 0 saturated carbocycles. The smallest absolute Gasteiger partial charge is 0.0447 e. The number of nitrogens with zero attached hydrogens (tertiary/aromatic N) is 1. The zero-order valence-corrected chi connectivity index (χ0v) is 10.2. The fourth-order valence-corrected chi connectivity index (χ4v) is 1.72. The zero-order chi connectivity index (χ0) is 12.0. The Morgan fingerprint density at radius 3 is 2.38 bits per heavy atom. The summed E-state index contributed by atoms with van der Waals surface area (Å²) in [6.07, 6.45) is 0.808. The SMILES string of the molecule is CCN(CCCO)c1ccc([C@@H](C)N)cc1. The molecule has 0 aliphatic rings. The van der Waals surface area contributed by atoms with Crippen LogP contribution in [-0.2, 0) is 0 Å². The second kappa shape index (κ2) is 6.51. The lowest BCUT2D eigenvalue weighted by molar-refractivity contribution is 0.289. The zero-order valence-electron chi connectivity index (χ0n) is 10.2. The second-order valence-corrected chi connectivity index (χ2v) is 4.04. The summed E-state index contributed by atoms with van der Waals surface area (Å²) in [6.45, 7) is 6.20. The predicted octanol–water partition coefficient (Wildman–Crippen LogP) is 1.92. The van der Waals surface area contributed by atoms with Gasteiger partial charge in [-0.25, -0.2) is 0 Å². The van der Waals surface area contributed by atoms with Crippen LogP contribution >= 0.6 is 0 Å². The molecule has 0 amide bonds. The molecule has 0 fully saturated rings. The highest BCUT2D eigenvalue weighted by Crippen LogP contribution is 2.18. The molecule has 0 spiro atoms. The van der Waals surface area contributed by atoms with Crippen molar-refractivity contribution in [3.8, 4) is 0 Å². The first-order valence-electron chi connectivity index (χ1n) is 5.90. The van der Waals surface area contributed by atoms with Crippen LogP contribution in [0.2, 0.25) is 0 Å². The summed E-state index contributed by atoms with van der Waals surface area (Å²) in [4.78, 5) is 2.25. The van der Waals surface area contributed by atoms with E-state index in [1.54, 1.807) is 0 Å². The van der Waals surface area contributed by atoms with Crippen LogP contribution < -0.4 is 10.6 Å². The van der Waals surface area contributed by atoms with Crippen LogP contribution in [0.15, 0.2) is 24.3 Å². The number of anilines is 1. The standard InChI is InChI=1S/C13H22N2O/c1-3-15(9-4-10-16)13-7-5-12(6-8-13)11(2)14/h5-8,11,16H,3-4,9-10,14H2,1-2H3/t11-/m1/s1. The highest BCUT2D eigenvalue weighted by atomic mass is 16.3. The average molecular weight is 222 g/mol. The van der Waals surface area contributed by atoms with E-state index in [9.17, 15) is 0 Å². The third kappa shape index (κ3) is 3.51. The number of aliphatic hydroxyl groups is 1. The highest BCUT2D eigenvalue weighted by molar-refractivity contribution is 5.47. The Hall–Kier alpha value is -1.06. The average Bonchev–Trinajstić information content (AvgIpc) is 2.30. The normalized spacial score (nSPS) is 12.5. The van der Waals surface area contributed by atoms with Crippen molar-refractivity contribution in [3.63, 3.8) is 0 Å². The minimum absolute atomic E-state index is 0.0848. The van der Waals surface area contributed by atoms with Gasteiger partial charge in [-0.15, -0.1) is 0 Å². The first-order chi connectivity index (χ1) is 7.69. The van der Waals surface area contributed by atoms with E-state index in [1.165, 1.54) is 5.69 Å². The Labute approximate surface area is 97.9 Å². The van der Waals surface area contributed by atoms with Gasteiger partial charge in [-0.3, -0.25) is 0 Å². The molecule has 16 heavy (non-hydrogen) atoms. The molecule has 0 radical (unpaired) electrons. The quantitative estimate of drug-likeness (QED) is 0.773. The molecule has 90 valence electrons. The molecule has 3 nitrogen and oxygen atoms in total. The molecule has 1 atom stereocenters. The Bertz CT molecular complexity index is 295. The van der Waals surface area contributed by atoms with Gasteiger partial charge in [-0.05, 0) is 38.0 Å². The number of hydrogen-bond donors (Lipinski definition) is 2. The van der Waals surface area contributed by atoms with Crippen molar-refractivity contribution in [3.05, 3.63) is 29.8 Å². The summed E-state index contributed by atoms with van der Waals surface area (Å²) in [6, 6.07) is 8.42. The summed E-state index contributed by atoms with van der Waals surface area (Å²) < 4.78 is 0. The molecule has 0 unspecified atom stereocenters. The van der Waals surface area contributed by atoms with E-state index in [2.05, 4.69) is 36.1 Å². The van der Waals surface area contributed by atoms with Crippen molar-refractivity contribution in [2.75, 3.05) is 24.6 Å². The maximum atomic E-state index is 8.83. The fraction of sp³-hybridized carbons (Fsp3) is 0.538. The van der Waals surface area contributed by atoms with Gasteiger partial charge in [0.25, 0.3) is 0 Å². The molecular weight excluding hydrogens is 200 g/mol. The lowest BCUT2D eigenvalue weighted by Crippen LogP contribution is -2.24. The summed E-state index contributed by atoms with van der Waals surface area (Å²) in [5.41, 5.74) is 8.16. The minimum Gasteiger partial charge on any atom is -0.396 e. The molecule has 0 aliphatic heterocycles. The fourth-order valence-electron chi connectivity index (χ4n) is 1.72. The van der Waals surface area contributed by atoms with Crippen molar-refractivity contribution < 1.29 is 5.11 Å². The molecule has 0 saturated heterocycles. The van der Waals surface area contributed by atoms with Crippen molar-refractivity contribution in [2.45, 2.75) is 26.3 Å². The van der Waals surface area contributed by atoms with Crippen LogP contribution in [0.1, 0.15) is 31.9 Å². The Balaban J connectivity index is 2.70. The molecule has 3 heteroatoms. The van der Waals surface area contributed by atoms with E-state index >= 15 is 0 Å². The molecule has 1 rings (SSSR count). The number of aliphatic hydroxyl groups excluding tert-OH is 1. The van der Waals surface area contributed by atoms with Gasteiger partial charge in [-0.2, -0.15) is 0 Å². The van der Waals surface area contributed by atoms with E-state index in [1.807, 2.05) is 6.92 Å². The van der Waals surface area contributed by atoms with E-state index in [0.29, 0.717) is 0 Å². The Morgan fingerprint density at radius 2 is 1.94 bits per heavy atom. The minimum atomic E-state index is 0.0848. The second-order valence-electron chi connectivity index (χ2n) is 4.04. The molecular formula is C13H22N2O. The van der Waals surface area contributed by atoms with Crippen LogP contribution in [0.5, 0.6) is 0 Å². The lowest BCUT2D eigenvalue weighted by Gasteiger charge is -2.23. The van der Waals surface area contributed by atoms with E-state index in [4.69, 9.17) is 10.8 Å². The molecule has 1 aromatic carbocycles. The maximum absolute atomic E-state index is 8.83. The molecule has 0 aromatic heterocycles. The Morgan fingerprint density at radius 1 is 1.31 bits per heavy atom. The Kier molecular flexibility index (Phi) is 5.29. The first-order valence-corrected chi connectivity index (χ1v) is 5.90. The van der Waals surface area contributed by atoms with Gasteiger partial charge < -0.3 is 15.7 Å². The van der Waals surface area contributed by atoms with E-state index in [0.717, 1.165) is 25.1 Å². The van der Waals surface area contributed by atoms with Crippen LogP contribution in [0, 0.1) is 0 Å². The summed E-state index contributed by atoms with van der Waals surface area (Å²) in [5, 5.41) is 8.83. The largest absolute Gasteiger partial charge is 0.396 e. The van der Waals surface area contributed by atoms with Gasteiger partial charge in [0.1, 0.15) is 0 Å². The van der Waals surface area contributed by atoms with Gasteiger partial charge in [0.15, 0.2) is 0 Å². The predicted molar refractivity (Wildman–Crippen MR) is 68.6 cm³/mol. The number of hydrogen-bond acceptors (Lipinski definition) is 3. The lowest BCUT2D eigenvalue weighted by atomic mass is 10.1. The number of rotatable bonds is 6. The van der Waals surface area contributed by atoms with Gasteiger partial charge in [0, 0.05) is 31.4 Å². The van der Waals surface area contributed by atoms with Gasteiger partial charge in [0.2, 0.25) is 0 Å². The van der Waals surface area contributed by atoms with Gasteiger partial charge >= 0.3 is 0 Å². The third-order valence-corrected chi connectivity index (χ3v) is 2.75. The molecule has 0 aliphatic carbocycles. The first kappa shape index (κ1) is 13.0. The van der Waals surface area contributed by atoms with E-state index < -0.39 is 0 Å². The van der Waals surface area contributed by atoms with Crippen LogP contribution in [-0.4, -0.2) is 24.8 Å². The summed E-state index contributed by atoms with van der Waals surface area (Å²) in [5.74, 6) is 0. The van der Waals surface area contributed by atoms with Gasteiger partial charge in [0.05, 0.1) is 0 Å². The molecule has 0 heterocycles. The maximum Gasteiger partial charge on any atom is 0.0447 e. The molecule has 1 aromatic rings. The van der Waals surface area contributed by atoms with Crippen LogP contribution in [0.25, 0.3) is 0 Å². The molecule has 3 N–H and O–H groups in total. The molecule has 0 bridgehead atoms. The van der Waals surface area contributed by atoms with Gasteiger partial charge in [-0.1, -0.05) is 12.1 Å².